The molecule has 3 aromatic rings. The molecule has 0 atom stereocenters. The Balaban J connectivity index is 1.48. The maximum absolute atomic E-state index is 12.1. The summed E-state index contributed by atoms with van der Waals surface area (Å²) < 4.78 is 6.00. The quantitative estimate of drug-likeness (QED) is 0.606. The highest BCUT2D eigenvalue weighted by atomic mass is 32.2. The molecule has 8 heteroatoms. The molecule has 0 aliphatic carbocycles. The number of hydrogen-bond donors (Lipinski definition) is 2. The van der Waals surface area contributed by atoms with Crippen molar-refractivity contribution < 1.29 is 9.21 Å². The number of rotatable bonds is 7. The van der Waals surface area contributed by atoms with E-state index in [0.717, 1.165) is 26.9 Å². The predicted octanol–water partition coefficient (Wildman–Crippen LogP) is 4.09. The molecule has 25 heavy (non-hydrogen) atoms. The molecule has 0 saturated carbocycles. The third-order valence-corrected chi connectivity index (χ3v) is 5.41. The summed E-state index contributed by atoms with van der Waals surface area (Å²) in [6, 6.07) is 9.73. The van der Waals surface area contributed by atoms with Crippen molar-refractivity contribution in [1.82, 2.24) is 10.2 Å². The van der Waals surface area contributed by atoms with Gasteiger partial charge in [-0.1, -0.05) is 35.2 Å². The minimum Gasteiger partial charge on any atom is -0.467 e. The van der Waals surface area contributed by atoms with E-state index in [1.54, 1.807) is 6.26 Å². The second-order valence-corrected chi connectivity index (χ2v) is 7.66. The highest BCUT2D eigenvalue weighted by molar-refractivity contribution is 8.01. The van der Waals surface area contributed by atoms with Crippen molar-refractivity contribution in [2.45, 2.75) is 24.7 Å². The molecule has 3 rings (SSSR count). The van der Waals surface area contributed by atoms with E-state index in [0.29, 0.717) is 17.4 Å². The van der Waals surface area contributed by atoms with E-state index < -0.39 is 0 Å². The summed E-state index contributed by atoms with van der Waals surface area (Å²) in [6.07, 6.45) is 1.63. The summed E-state index contributed by atoms with van der Waals surface area (Å²) in [5, 5.41) is 14.9. The Morgan fingerprint density at radius 3 is 2.96 bits per heavy atom. The highest BCUT2D eigenvalue weighted by Crippen LogP contribution is 2.26. The van der Waals surface area contributed by atoms with Crippen LogP contribution >= 0.6 is 23.1 Å². The van der Waals surface area contributed by atoms with Crippen LogP contribution in [0.4, 0.5) is 10.8 Å². The number of furan rings is 1. The van der Waals surface area contributed by atoms with E-state index in [9.17, 15) is 4.79 Å². The first-order valence-corrected chi connectivity index (χ1v) is 9.50. The van der Waals surface area contributed by atoms with Crippen LogP contribution in [-0.2, 0) is 11.3 Å². The van der Waals surface area contributed by atoms with E-state index in [1.807, 2.05) is 44.2 Å². The molecule has 0 radical (unpaired) electrons. The molecular weight excluding hydrogens is 356 g/mol. The molecule has 2 heterocycles. The summed E-state index contributed by atoms with van der Waals surface area (Å²) in [5.41, 5.74) is 3.01. The van der Waals surface area contributed by atoms with E-state index in [4.69, 9.17) is 4.42 Å². The Bertz CT molecular complexity index is 846. The minimum absolute atomic E-state index is 0.0565. The van der Waals surface area contributed by atoms with Gasteiger partial charge in [0.2, 0.25) is 11.0 Å². The van der Waals surface area contributed by atoms with Crippen LogP contribution in [0.5, 0.6) is 0 Å². The van der Waals surface area contributed by atoms with Gasteiger partial charge in [0.25, 0.3) is 0 Å². The second-order valence-electron chi connectivity index (χ2n) is 5.46. The fourth-order valence-electron chi connectivity index (χ4n) is 2.10. The van der Waals surface area contributed by atoms with Gasteiger partial charge in [0.15, 0.2) is 4.34 Å². The summed E-state index contributed by atoms with van der Waals surface area (Å²) in [7, 11) is 0. The van der Waals surface area contributed by atoms with Gasteiger partial charge in [-0.25, -0.2) is 0 Å². The van der Waals surface area contributed by atoms with Crippen molar-refractivity contribution >= 4 is 39.8 Å². The van der Waals surface area contributed by atoms with Crippen molar-refractivity contribution in [1.29, 1.82) is 0 Å². The number of carbonyl (C=O) groups excluding carboxylic acids is 1. The molecule has 6 nitrogen and oxygen atoms in total. The number of nitrogens with one attached hydrogen (secondary N) is 2. The van der Waals surface area contributed by atoms with Crippen molar-refractivity contribution in [3.63, 3.8) is 0 Å². The predicted molar refractivity (Wildman–Crippen MR) is 101 cm³/mol. The highest BCUT2D eigenvalue weighted by Gasteiger charge is 2.10. The van der Waals surface area contributed by atoms with Crippen molar-refractivity contribution in [3.05, 3.63) is 53.5 Å². The SMILES string of the molecule is Cc1ccc(C)c(NC(=O)CSc2nnc(NCc3ccco3)s2)c1. The zero-order chi connectivity index (χ0) is 17.6. The standard InChI is InChI=1S/C17H18N4O2S2/c1-11-5-6-12(2)14(8-11)19-15(22)10-24-17-21-20-16(25-17)18-9-13-4-3-7-23-13/h3-8H,9-10H2,1-2H3,(H,18,20)(H,19,22). The van der Waals surface area contributed by atoms with Gasteiger partial charge in [-0.15, -0.1) is 10.2 Å². The van der Waals surface area contributed by atoms with Crippen LogP contribution in [0.1, 0.15) is 16.9 Å². The number of nitrogens with zero attached hydrogens (tertiary/aromatic N) is 2. The Kier molecular flexibility index (Phi) is 5.72. The van der Waals surface area contributed by atoms with E-state index in [1.165, 1.54) is 23.1 Å². The molecule has 2 aromatic heterocycles. The maximum Gasteiger partial charge on any atom is 0.234 e. The Labute approximate surface area is 154 Å². The van der Waals surface area contributed by atoms with Gasteiger partial charge < -0.3 is 15.1 Å². The fourth-order valence-corrected chi connectivity index (χ4v) is 3.65. The monoisotopic (exact) mass is 374 g/mol. The van der Waals surface area contributed by atoms with Crippen LogP contribution < -0.4 is 10.6 Å². The number of thioether (sulfide) groups is 1. The normalized spacial score (nSPS) is 10.6. The Hall–Kier alpha value is -2.32. The largest absolute Gasteiger partial charge is 0.467 e. The zero-order valence-corrected chi connectivity index (χ0v) is 15.5. The van der Waals surface area contributed by atoms with Gasteiger partial charge in [0.05, 0.1) is 18.6 Å². The summed E-state index contributed by atoms with van der Waals surface area (Å²) in [6.45, 7) is 4.53. The minimum atomic E-state index is -0.0565. The molecular formula is C17H18N4O2S2. The van der Waals surface area contributed by atoms with Gasteiger partial charge in [0, 0.05) is 5.69 Å². The molecule has 0 fully saturated rings. The van der Waals surface area contributed by atoms with Crippen LogP contribution in [0.2, 0.25) is 0 Å². The smallest absolute Gasteiger partial charge is 0.234 e. The molecule has 0 spiro atoms. The lowest BCUT2D eigenvalue weighted by Gasteiger charge is -2.08. The van der Waals surface area contributed by atoms with Crippen LogP contribution in [0.3, 0.4) is 0 Å². The maximum atomic E-state index is 12.1. The number of aryl methyl sites for hydroxylation is 2. The molecule has 0 saturated heterocycles. The fraction of sp³-hybridized carbons (Fsp3) is 0.235. The zero-order valence-electron chi connectivity index (χ0n) is 13.9. The van der Waals surface area contributed by atoms with Gasteiger partial charge in [0.1, 0.15) is 5.76 Å². The summed E-state index contributed by atoms with van der Waals surface area (Å²) >= 11 is 2.79. The van der Waals surface area contributed by atoms with Crippen molar-refractivity contribution in [2.75, 3.05) is 16.4 Å². The molecule has 1 aromatic carbocycles. The van der Waals surface area contributed by atoms with E-state index >= 15 is 0 Å². The molecule has 130 valence electrons. The Morgan fingerprint density at radius 1 is 1.28 bits per heavy atom. The van der Waals surface area contributed by atoms with E-state index in [-0.39, 0.29) is 5.91 Å². The molecule has 0 bridgehead atoms. The molecule has 1 amide bonds. The van der Waals surface area contributed by atoms with Gasteiger partial charge in [-0.05, 0) is 43.2 Å². The number of carbonyl (C=O) groups is 1. The topological polar surface area (TPSA) is 80.0 Å². The van der Waals surface area contributed by atoms with Gasteiger partial charge in [-0.3, -0.25) is 4.79 Å². The van der Waals surface area contributed by atoms with Crippen molar-refractivity contribution in [2.24, 2.45) is 0 Å². The second kappa shape index (κ2) is 8.17. The third kappa shape index (κ3) is 5.07. The van der Waals surface area contributed by atoms with Gasteiger partial charge in [-0.2, -0.15) is 0 Å². The molecule has 0 aliphatic rings. The van der Waals surface area contributed by atoms with Gasteiger partial charge >= 0.3 is 0 Å². The third-order valence-electron chi connectivity index (χ3n) is 3.39. The van der Waals surface area contributed by atoms with E-state index in [2.05, 4.69) is 20.8 Å². The first kappa shape index (κ1) is 17.5. The van der Waals surface area contributed by atoms with Crippen LogP contribution in [0.25, 0.3) is 0 Å². The molecule has 0 aliphatic heterocycles. The number of hydrogen-bond acceptors (Lipinski definition) is 7. The lowest BCUT2D eigenvalue weighted by Crippen LogP contribution is -2.14. The van der Waals surface area contributed by atoms with Crippen LogP contribution in [-0.4, -0.2) is 21.9 Å². The number of benzene rings is 1. The van der Waals surface area contributed by atoms with Crippen molar-refractivity contribution in [3.8, 4) is 0 Å². The number of anilines is 2. The summed E-state index contributed by atoms with van der Waals surface area (Å²) in [4.78, 5) is 12.1. The Morgan fingerprint density at radius 2 is 2.16 bits per heavy atom. The summed E-state index contributed by atoms with van der Waals surface area (Å²) in [5.74, 6) is 1.07. The van der Waals surface area contributed by atoms with Crippen LogP contribution in [0.15, 0.2) is 45.4 Å². The van der Waals surface area contributed by atoms with Crippen LogP contribution in [0, 0.1) is 13.8 Å². The number of aromatic nitrogens is 2. The lowest BCUT2D eigenvalue weighted by molar-refractivity contribution is -0.113. The average molecular weight is 374 g/mol. The lowest BCUT2D eigenvalue weighted by atomic mass is 10.1. The first-order chi connectivity index (χ1) is 12.1. The average Bonchev–Trinajstić information content (AvgIpc) is 3.26. The first-order valence-electron chi connectivity index (χ1n) is 7.70. The molecule has 0 unspecified atom stereocenters. The number of amides is 1. The molecule has 2 N–H and O–H groups in total.